The van der Waals surface area contributed by atoms with Gasteiger partial charge in [-0.15, -0.1) is 6.42 Å². The van der Waals surface area contributed by atoms with E-state index in [9.17, 15) is 4.79 Å². The van der Waals surface area contributed by atoms with Gasteiger partial charge in [-0.05, 0) is 30.6 Å². The van der Waals surface area contributed by atoms with E-state index in [2.05, 4.69) is 0 Å². The van der Waals surface area contributed by atoms with Crippen molar-refractivity contribution < 1.29 is 4.79 Å². The highest BCUT2D eigenvalue weighted by atomic mass is 16.1. The van der Waals surface area contributed by atoms with Gasteiger partial charge >= 0.3 is 0 Å². The Bertz CT molecular complexity index is 225. The lowest BCUT2D eigenvalue weighted by Crippen LogP contribution is -1.93. The molecule has 0 amide bonds. The minimum Gasteiger partial charge on any atom is -0.541 e. The second-order valence-electron chi connectivity index (χ2n) is 3.68. The largest absolute Gasteiger partial charge is 0.541 e. The molecule has 0 heterocycles. The zero-order valence-electron chi connectivity index (χ0n) is 5.76. The summed E-state index contributed by atoms with van der Waals surface area (Å²) in [6.45, 7) is 0. The molecule has 0 aliphatic heterocycles. The Morgan fingerprint density at radius 2 is 2.10 bits per heavy atom. The number of hydrogen-bond acceptors (Lipinski definition) is 1. The van der Waals surface area contributed by atoms with E-state index < -0.39 is 0 Å². The van der Waals surface area contributed by atoms with Crippen LogP contribution in [0.3, 0.4) is 0 Å². The SMILES string of the molecule is O=[C-]CC1=C2C3CC1CC23. The Hall–Kier alpha value is -0.590. The van der Waals surface area contributed by atoms with E-state index in [1.54, 1.807) is 5.57 Å². The number of carbonyl (C=O) groups excluding carboxylic acids is 1. The van der Waals surface area contributed by atoms with E-state index in [-0.39, 0.29) is 0 Å². The Morgan fingerprint density at radius 3 is 2.50 bits per heavy atom. The van der Waals surface area contributed by atoms with Crippen LogP contribution in [-0.2, 0) is 4.79 Å². The molecule has 0 radical (unpaired) electrons. The molecule has 1 nitrogen and oxygen atoms in total. The topological polar surface area (TPSA) is 17.1 Å². The standard InChI is InChI=1S/C9H9O/c10-2-1-6-5-3-7-8(4-5)9(6)7/h5,7-8H,1,3-4H2/q-1. The highest BCUT2D eigenvalue weighted by molar-refractivity contribution is 5.61. The van der Waals surface area contributed by atoms with Crippen molar-refractivity contribution >= 4 is 6.29 Å². The van der Waals surface area contributed by atoms with Crippen molar-refractivity contribution in [1.82, 2.24) is 0 Å². The van der Waals surface area contributed by atoms with Gasteiger partial charge in [0.25, 0.3) is 0 Å². The molecule has 2 fully saturated rings. The molecule has 2 saturated carbocycles. The summed E-state index contributed by atoms with van der Waals surface area (Å²) in [5.74, 6) is 2.69. The van der Waals surface area contributed by atoms with Gasteiger partial charge in [-0.3, -0.25) is 6.29 Å². The van der Waals surface area contributed by atoms with Gasteiger partial charge in [-0.1, -0.05) is 11.1 Å². The maximum Gasteiger partial charge on any atom is -0.0127 e. The number of hydrogen-bond donors (Lipinski definition) is 0. The molecule has 0 spiro atoms. The first-order valence-electron chi connectivity index (χ1n) is 3.99. The molecule has 1 heteroatoms. The van der Waals surface area contributed by atoms with Gasteiger partial charge in [0.15, 0.2) is 0 Å². The third-order valence-corrected chi connectivity index (χ3v) is 3.38. The fourth-order valence-corrected chi connectivity index (χ4v) is 2.99. The van der Waals surface area contributed by atoms with Crippen molar-refractivity contribution in [2.45, 2.75) is 19.3 Å². The second-order valence-corrected chi connectivity index (χ2v) is 3.68. The zero-order chi connectivity index (χ0) is 6.72. The summed E-state index contributed by atoms with van der Waals surface area (Å²) in [6, 6.07) is 0. The molecule has 4 aliphatic rings. The van der Waals surface area contributed by atoms with Crippen LogP contribution >= 0.6 is 0 Å². The van der Waals surface area contributed by atoms with Gasteiger partial charge in [0.05, 0.1) is 0 Å². The molecule has 4 aliphatic carbocycles. The van der Waals surface area contributed by atoms with Gasteiger partial charge in [0.2, 0.25) is 0 Å². The van der Waals surface area contributed by atoms with E-state index >= 15 is 0 Å². The maximum atomic E-state index is 10.1. The van der Waals surface area contributed by atoms with Crippen LogP contribution in [0.15, 0.2) is 11.1 Å². The van der Waals surface area contributed by atoms with Crippen LogP contribution in [0.2, 0.25) is 0 Å². The highest BCUT2D eigenvalue weighted by Gasteiger charge is 2.58. The Balaban J connectivity index is 1.99. The first kappa shape index (κ1) is 5.11. The Morgan fingerprint density at radius 1 is 1.40 bits per heavy atom. The summed E-state index contributed by atoms with van der Waals surface area (Å²) in [7, 11) is 0. The maximum absolute atomic E-state index is 10.1. The van der Waals surface area contributed by atoms with Gasteiger partial charge in [0.1, 0.15) is 0 Å². The number of allylic oxidation sites excluding steroid dienone is 2. The molecule has 52 valence electrons. The van der Waals surface area contributed by atoms with Gasteiger partial charge in [-0.25, -0.2) is 0 Å². The summed E-state index contributed by atoms with van der Waals surface area (Å²) < 4.78 is 0. The molecule has 4 bridgehead atoms. The van der Waals surface area contributed by atoms with E-state index in [1.807, 2.05) is 6.29 Å². The molecule has 0 aromatic rings. The van der Waals surface area contributed by atoms with Gasteiger partial charge in [-0.2, -0.15) is 0 Å². The van der Waals surface area contributed by atoms with Crippen molar-refractivity contribution in [3.8, 4) is 0 Å². The van der Waals surface area contributed by atoms with E-state index in [4.69, 9.17) is 0 Å². The zero-order valence-corrected chi connectivity index (χ0v) is 5.76. The summed E-state index contributed by atoms with van der Waals surface area (Å²) >= 11 is 0. The molecule has 0 N–H and O–H groups in total. The van der Waals surface area contributed by atoms with Crippen LogP contribution in [0.5, 0.6) is 0 Å². The third kappa shape index (κ3) is 0.377. The van der Waals surface area contributed by atoms with Crippen LogP contribution in [0.1, 0.15) is 19.3 Å². The summed E-state index contributed by atoms with van der Waals surface area (Å²) in [5, 5.41) is 0. The molecular weight excluding hydrogens is 124 g/mol. The van der Waals surface area contributed by atoms with E-state index in [0.29, 0.717) is 6.42 Å². The molecule has 2 unspecified atom stereocenters. The van der Waals surface area contributed by atoms with E-state index in [1.165, 1.54) is 18.4 Å². The van der Waals surface area contributed by atoms with Crippen LogP contribution in [0.4, 0.5) is 0 Å². The minimum atomic E-state index is 0.618. The van der Waals surface area contributed by atoms with Crippen molar-refractivity contribution in [3.05, 3.63) is 11.1 Å². The lowest BCUT2D eigenvalue weighted by Gasteiger charge is -2.08. The summed E-state index contributed by atoms with van der Waals surface area (Å²) in [5.41, 5.74) is 3.14. The second kappa shape index (κ2) is 1.36. The summed E-state index contributed by atoms with van der Waals surface area (Å²) in [6.07, 6.45) is 5.38. The van der Waals surface area contributed by atoms with Crippen LogP contribution in [-0.4, -0.2) is 6.29 Å². The van der Waals surface area contributed by atoms with Crippen LogP contribution in [0.25, 0.3) is 0 Å². The van der Waals surface area contributed by atoms with Crippen LogP contribution < -0.4 is 0 Å². The Kier molecular flexibility index (Phi) is 0.697. The molecule has 0 aromatic heterocycles. The summed E-state index contributed by atoms with van der Waals surface area (Å²) in [4.78, 5) is 10.1. The minimum absolute atomic E-state index is 0.618. The molecular formula is C9H9O-. The molecule has 4 rings (SSSR count). The normalized spacial score (nSPS) is 46.6. The van der Waals surface area contributed by atoms with Crippen molar-refractivity contribution in [1.29, 1.82) is 0 Å². The average molecular weight is 133 g/mol. The molecule has 0 aromatic carbocycles. The highest BCUT2D eigenvalue weighted by Crippen LogP contribution is 2.69. The molecule has 10 heavy (non-hydrogen) atoms. The number of rotatable bonds is 2. The smallest absolute Gasteiger partial charge is 0.0127 e. The van der Waals surface area contributed by atoms with Gasteiger partial charge in [0, 0.05) is 0 Å². The van der Waals surface area contributed by atoms with Crippen molar-refractivity contribution in [2.75, 3.05) is 0 Å². The quantitative estimate of drug-likeness (QED) is 0.411. The third-order valence-electron chi connectivity index (χ3n) is 3.38. The van der Waals surface area contributed by atoms with E-state index in [0.717, 1.165) is 17.8 Å². The molecule has 0 saturated heterocycles. The first-order valence-corrected chi connectivity index (χ1v) is 3.99. The fraction of sp³-hybridized carbons (Fsp3) is 0.667. The predicted molar refractivity (Wildman–Crippen MR) is 37.0 cm³/mol. The van der Waals surface area contributed by atoms with Crippen molar-refractivity contribution in [3.63, 3.8) is 0 Å². The van der Waals surface area contributed by atoms with Crippen LogP contribution in [0, 0.1) is 17.8 Å². The van der Waals surface area contributed by atoms with Gasteiger partial charge < -0.3 is 4.79 Å². The lowest BCUT2D eigenvalue weighted by atomic mass is 10.0. The molecule has 2 atom stereocenters. The Labute approximate surface area is 60.1 Å². The lowest BCUT2D eigenvalue weighted by molar-refractivity contribution is 0.550. The first-order chi connectivity index (χ1) is 4.92. The average Bonchev–Trinajstić information content (AvgIpc) is 2.38. The fourth-order valence-electron chi connectivity index (χ4n) is 2.99. The monoisotopic (exact) mass is 133 g/mol. The predicted octanol–water partition coefficient (Wildman–Crippen LogP) is 1.45. The van der Waals surface area contributed by atoms with Crippen molar-refractivity contribution in [2.24, 2.45) is 17.8 Å².